The molecule has 2 aromatic carbocycles. The smallest absolute Gasteiger partial charge is 0.128 e. The number of ether oxygens (including phenoxy) is 2. The first kappa shape index (κ1) is 17.9. The van der Waals surface area contributed by atoms with Crippen LogP contribution in [0.4, 0.5) is 0 Å². The Morgan fingerprint density at radius 1 is 1.04 bits per heavy atom. The normalized spacial score (nSPS) is 19.6. The van der Waals surface area contributed by atoms with Gasteiger partial charge in [-0.3, -0.25) is 0 Å². The van der Waals surface area contributed by atoms with Gasteiger partial charge in [0.05, 0.1) is 32.5 Å². The third-order valence-electron chi connectivity index (χ3n) is 5.24. The van der Waals surface area contributed by atoms with Gasteiger partial charge in [0.15, 0.2) is 0 Å². The van der Waals surface area contributed by atoms with Crippen molar-refractivity contribution in [1.82, 2.24) is 5.32 Å². The predicted octanol–water partition coefficient (Wildman–Crippen LogP) is 3.51. The zero-order valence-electron chi connectivity index (χ0n) is 15.4. The van der Waals surface area contributed by atoms with Crippen LogP contribution in [-0.4, -0.2) is 25.4 Å². The van der Waals surface area contributed by atoms with Gasteiger partial charge in [-0.15, -0.1) is 0 Å². The second-order valence-corrected chi connectivity index (χ2v) is 6.71. The lowest BCUT2D eigenvalue weighted by Crippen LogP contribution is -2.37. The van der Waals surface area contributed by atoms with Crippen LogP contribution in [0.1, 0.15) is 45.5 Å². The van der Waals surface area contributed by atoms with Gasteiger partial charge in [-0.1, -0.05) is 30.3 Å². The summed E-state index contributed by atoms with van der Waals surface area (Å²) in [5, 5.41) is 14.0. The van der Waals surface area contributed by atoms with E-state index in [1.165, 1.54) is 11.1 Å². The molecule has 1 aliphatic heterocycles. The number of aliphatic hydroxyl groups excluding tert-OH is 1. The van der Waals surface area contributed by atoms with Gasteiger partial charge in [-0.05, 0) is 48.6 Å². The quantitative estimate of drug-likeness (QED) is 0.874. The molecule has 2 aromatic rings. The van der Waals surface area contributed by atoms with Crippen LogP contribution in [0, 0.1) is 20.8 Å². The standard InChI is InChI=1S/C21H27NO3/c1-13-14(2)19-17(12-25-11-16-8-6-5-7-9-16)22-10-18(23)20(19)21(24-4)15(13)3/h5-9,17-18,22-23H,10-12H2,1-4H3/t17-,18?/m0/s1. The summed E-state index contributed by atoms with van der Waals surface area (Å²) in [6.07, 6.45) is -0.562. The van der Waals surface area contributed by atoms with E-state index in [1.54, 1.807) is 7.11 Å². The zero-order chi connectivity index (χ0) is 18.0. The molecule has 1 unspecified atom stereocenters. The van der Waals surface area contributed by atoms with Crippen molar-refractivity contribution in [2.75, 3.05) is 20.3 Å². The van der Waals surface area contributed by atoms with E-state index < -0.39 is 6.10 Å². The highest BCUT2D eigenvalue weighted by Gasteiger charge is 2.32. The van der Waals surface area contributed by atoms with Crippen LogP contribution in [0.15, 0.2) is 30.3 Å². The molecule has 0 spiro atoms. The first-order valence-electron chi connectivity index (χ1n) is 8.75. The molecule has 0 bridgehead atoms. The molecule has 1 heterocycles. The average molecular weight is 341 g/mol. The summed E-state index contributed by atoms with van der Waals surface area (Å²) < 4.78 is 11.6. The Morgan fingerprint density at radius 2 is 1.76 bits per heavy atom. The predicted molar refractivity (Wildman–Crippen MR) is 99.0 cm³/mol. The van der Waals surface area contributed by atoms with Crippen molar-refractivity contribution in [3.8, 4) is 5.75 Å². The molecule has 3 rings (SSSR count). The lowest BCUT2D eigenvalue weighted by atomic mass is 9.84. The van der Waals surface area contributed by atoms with Crippen LogP contribution in [0.2, 0.25) is 0 Å². The summed E-state index contributed by atoms with van der Waals surface area (Å²) in [4.78, 5) is 0. The SMILES string of the molecule is COc1c(C)c(C)c(C)c2c1C(O)CN[C@H]2COCc1ccccc1. The largest absolute Gasteiger partial charge is 0.496 e. The van der Waals surface area contributed by atoms with E-state index in [2.05, 4.69) is 38.2 Å². The molecule has 0 amide bonds. The molecule has 2 atom stereocenters. The average Bonchev–Trinajstić information content (AvgIpc) is 2.63. The first-order valence-corrected chi connectivity index (χ1v) is 8.75. The molecule has 4 heteroatoms. The van der Waals surface area contributed by atoms with Gasteiger partial charge in [0.2, 0.25) is 0 Å². The molecule has 0 aromatic heterocycles. The second kappa shape index (κ2) is 7.56. The van der Waals surface area contributed by atoms with Crippen molar-refractivity contribution in [3.05, 3.63) is 63.7 Å². The second-order valence-electron chi connectivity index (χ2n) is 6.71. The number of fused-ring (bicyclic) bond motifs is 1. The van der Waals surface area contributed by atoms with Gasteiger partial charge in [0.25, 0.3) is 0 Å². The Bertz CT molecular complexity index is 743. The summed E-state index contributed by atoms with van der Waals surface area (Å²) in [5.41, 5.74) is 6.70. The van der Waals surface area contributed by atoms with E-state index in [-0.39, 0.29) is 6.04 Å². The molecule has 0 radical (unpaired) electrons. The van der Waals surface area contributed by atoms with Crippen LogP contribution < -0.4 is 10.1 Å². The highest BCUT2D eigenvalue weighted by atomic mass is 16.5. The highest BCUT2D eigenvalue weighted by Crippen LogP contribution is 2.42. The van der Waals surface area contributed by atoms with E-state index in [4.69, 9.17) is 9.47 Å². The highest BCUT2D eigenvalue weighted by molar-refractivity contribution is 5.57. The Morgan fingerprint density at radius 3 is 2.44 bits per heavy atom. The van der Waals surface area contributed by atoms with Crippen molar-refractivity contribution in [1.29, 1.82) is 0 Å². The Labute approximate surface area is 149 Å². The van der Waals surface area contributed by atoms with Gasteiger partial charge >= 0.3 is 0 Å². The topological polar surface area (TPSA) is 50.7 Å². The maximum atomic E-state index is 10.6. The number of β-amino-alcohol motifs (C(OH)–C–C–N with tert-alkyl or cyclic N) is 1. The van der Waals surface area contributed by atoms with Crippen molar-refractivity contribution >= 4 is 0 Å². The minimum atomic E-state index is -0.562. The molecule has 0 fully saturated rings. The third kappa shape index (κ3) is 3.43. The fourth-order valence-electron chi connectivity index (χ4n) is 3.69. The summed E-state index contributed by atoms with van der Waals surface area (Å²) >= 11 is 0. The summed E-state index contributed by atoms with van der Waals surface area (Å²) in [6.45, 7) is 7.92. The first-order chi connectivity index (χ1) is 12.0. The molecule has 0 saturated carbocycles. The van der Waals surface area contributed by atoms with E-state index in [0.29, 0.717) is 19.8 Å². The number of hydrogen-bond donors (Lipinski definition) is 2. The van der Waals surface area contributed by atoms with E-state index in [9.17, 15) is 5.11 Å². The Balaban J connectivity index is 1.87. The fourth-order valence-corrected chi connectivity index (χ4v) is 3.69. The van der Waals surface area contributed by atoms with Gasteiger partial charge in [-0.2, -0.15) is 0 Å². The molecule has 0 aliphatic carbocycles. The van der Waals surface area contributed by atoms with Crippen LogP contribution in [0.3, 0.4) is 0 Å². The molecule has 25 heavy (non-hydrogen) atoms. The minimum Gasteiger partial charge on any atom is -0.496 e. The Hall–Kier alpha value is -1.88. The van der Waals surface area contributed by atoms with Gasteiger partial charge in [0, 0.05) is 12.1 Å². The van der Waals surface area contributed by atoms with Crippen LogP contribution in [0.5, 0.6) is 5.75 Å². The van der Waals surface area contributed by atoms with Crippen molar-refractivity contribution in [3.63, 3.8) is 0 Å². The number of aliphatic hydroxyl groups is 1. The summed E-state index contributed by atoms with van der Waals surface area (Å²) in [5.74, 6) is 0.806. The molecule has 134 valence electrons. The minimum absolute atomic E-state index is 0.0512. The van der Waals surface area contributed by atoms with Gasteiger partial charge in [0.1, 0.15) is 5.75 Å². The molecule has 1 aliphatic rings. The van der Waals surface area contributed by atoms with Crippen LogP contribution >= 0.6 is 0 Å². The van der Waals surface area contributed by atoms with Crippen molar-refractivity contribution in [2.24, 2.45) is 0 Å². The molecule has 0 saturated heterocycles. The number of hydrogen-bond acceptors (Lipinski definition) is 4. The van der Waals surface area contributed by atoms with Crippen molar-refractivity contribution in [2.45, 2.75) is 39.5 Å². The number of nitrogens with one attached hydrogen (secondary N) is 1. The van der Waals surface area contributed by atoms with Crippen molar-refractivity contribution < 1.29 is 14.6 Å². The van der Waals surface area contributed by atoms with E-state index >= 15 is 0 Å². The van der Waals surface area contributed by atoms with E-state index in [1.807, 2.05) is 18.2 Å². The van der Waals surface area contributed by atoms with E-state index in [0.717, 1.165) is 28.0 Å². The Kier molecular flexibility index (Phi) is 5.42. The summed E-state index contributed by atoms with van der Waals surface area (Å²) in [7, 11) is 1.67. The molecular weight excluding hydrogens is 314 g/mol. The number of methoxy groups -OCH3 is 1. The monoisotopic (exact) mass is 341 g/mol. The van der Waals surface area contributed by atoms with Gasteiger partial charge in [-0.25, -0.2) is 0 Å². The maximum absolute atomic E-state index is 10.6. The number of benzene rings is 2. The third-order valence-corrected chi connectivity index (χ3v) is 5.24. The lowest BCUT2D eigenvalue weighted by molar-refractivity contribution is 0.0812. The zero-order valence-corrected chi connectivity index (χ0v) is 15.4. The molecular formula is C21H27NO3. The molecule has 4 nitrogen and oxygen atoms in total. The van der Waals surface area contributed by atoms with Gasteiger partial charge < -0.3 is 19.9 Å². The van der Waals surface area contributed by atoms with Crippen LogP contribution in [-0.2, 0) is 11.3 Å². The lowest BCUT2D eigenvalue weighted by Gasteiger charge is -2.34. The van der Waals surface area contributed by atoms with Crippen LogP contribution in [0.25, 0.3) is 0 Å². The molecule has 2 N–H and O–H groups in total. The fraction of sp³-hybridized carbons (Fsp3) is 0.429. The number of rotatable bonds is 5. The maximum Gasteiger partial charge on any atom is 0.128 e. The summed E-state index contributed by atoms with van der Waals surface area (Å²) in [6, 6.07) is 10.2.